The normalized spacial score (nSPS) is 19.5. The number of nitrogens with one attached hydrogen (secondary N) is 1. The van der Waals surface area contributed by atoms with Crippen LogP contribution in [0.15, 0.2) is 0 Å². The minimum atomic E-state index is 1.18. The standard InChI is InChI=1S/C12H26N2/c1-2-8-13-9-7-12-14-10-5-3-4-6-11-14/h13H,2-12H2,1H3. The molecule has 0 bridgehead atoms. The van der Waals surface area contributed by atoms with E-state index in [1.54, 1.807) is 0 Å². The second-order valence-electron chi connectivity index (χ2n) is 4.36. The zero-order chi connectivity index (χ0) is 10.1. The summed E-state index contributed by atoms with van der Waals surface area (Å²) in [5.74, 6) is 0. The monoisotopic (exact) mass is 198 g/mol. The van der Waals surface area contributed by atoms with Crippen LogP contribution in [0.4, 0.5) is 0 Å². The molecule has 0 aromatic heterocycles. The Kier molecular flexibility index (Phi) is 7.06. The summed E-state index contributed by atoms with van der Waals surface area (Å²) in [4.78, 5) is 2.64. The van der Waals surface area contributed by atoms with Gasteiger partial charge in [0, 0.05) is 0 Å². The predicted molar refractivity (Wildman–Crippen MR) is 62.7 cm³/mol. The summed E-state index contributed by atoms with van der Waals surface area (Å²) in [6, 6.07) is 0. The molecule has 0 saturated carbocycles. The third kappa shape index (κ3) is 5.61. The Labute approximate surface area is 89.1 Å². The van der Waals surface area contributed by atoms with Crippen molar-refractivity contribution in [1.29, 1.82) is 0 Å². The van der Waals surface area contributed by atoms with E-state index in [9.17, 15) is 0 Å². The number of likely N-dealkylation sites (tertiary alicyclic amines) is 1. The predicted octanol–water partition coefficient (Wildman–Crippen LogP) is 2.25. The summed E-state index contributed by atoms with van der Waals surface area (Å²) in [6.45, 7) is 8.59. The second kappa shape index (κ2) is 8.25. The van der Waals surface area contributed by atoms with Crippen LogP contribution in [0, 0.1) is 0 Å². The fourth-order valence-electron chi connectivity index (χ4n) is 2.09. The van der Waals surface area contributed by atoms with Crippen LogP contribution in [0.25, 0.3) is 0 Å². The topological polar surface area (TPSA) is 15.3 Å². The first-order chi connectivity index (χ1) is 6.93. The van der Waals surface area contributed by atoms with Gasteiger partial charge < -0.3 is 10.2 Å². The largest absolute Gasteiger partial charge is 0.317 e. The molecular weight excluding hydrogens is 172 g/mol. The molecule has 14 heavy (non-hydrogen) atoms. The molecule has 1 N–H and O–H groups in total. The van der Waals surface area contributed by atoms with Crippen LogP contribution in [0.2, 0.25) is 0 Å². The molecule has 0 unspecified atom stereocenters. The van der Waals surface area contributed by atoms with Crippen molar-refractivity contribution in [2.75, 3.05) is 32.7 Å². The Morgan fingerprint density at radius 3 is 2.36 bits per heavy atom. The molecule has 0 aromatic rings. The zero-order valence-electron chi connectivity index (χ0n) is 9.73. The van der Waals surface area contributed by atoms with Crippen molar-refractivity contribution in [3.05, 3.63) is 0 Å². The van der Waals surface area contributed by atoms with Crippen LogP contribution < -0.4 is 5.32 Å². The molecule has 0 atom stereocenters. The average molecular weight is 198 g/mol. The van der Waals surface area contributed by atoms with Crippen LogP contribution in [-0.4, -0.2) is 37.6 Å². The lowest BCUT2D eigenvalue weighted by Crippen LogP contribution is -2.28. The summed E-state index contributed by atoms with van der Waals surface area (Å²) in [5.41, 5.74) is 0. The minimum absolute atomic E-state index is 1.18. The van der Waals surface area contributed by atoms with Gasteiger partial charge in [0.1, 0.15) is 0 Å². The quantitative estimate of drug-likeness (QED) is 0.659. The van der Waals surface area contributed by atoms with Crippen LogP contribution in [0.3, 0.4) is 0 Å². The van der Waals surface area contributed by atoms with Gasteiger partial charge in [-0.25, -0.2) is 0 Å². The third-order valence-corrected chi connectivity index (χ3v) is 2.95. The summed E-state index contributed by atoms with van der Waals surface area (Å²) in [5, 5.41) is 3.46. The van der Waals surface area contributed by atoms with Gasteiger partial charge in [-0.1, -0.05) is 19.8 Å². The van der Waals surface area contributed by atoms with Gasteiger partial charge in [0.25, 0.3) is 0 Å². The van der Waals surface area contributed by atoms with Crippen molar-refractivity contribution in [1.82, 2.24) is 10.2 Å². The highest BCUT2D eigenvalue weighted by Gasteiger charge is 2.07. The lowest BCUT2D eigenvalue weighted by atomic mass is 10.2. The van der Waals surface area contributed by atoms with Gasteiger partial charge in [-0.3, -0.25) is 0 Å². The first kappa shape index (κ1) is 12.0. The van der Waals surface area contributed by atoms with Gasteiger partial charge in [-0.2, -0.15) is 0 Å². The molecule has 1 aliphatic rings. The smallest absolute Gasteiger partial charge is 0.000664 e. The number of rotatable bonds is 6. The van der Waals surface area contributed by atoms with Gasteiger partial charge in [-0.15, -0.1) is 0 Å². The summed E-state index contributed by atoms with van der Waals surface area (Å²) >= 11 is 0. The van der Waals surface area contributed by atoms with E-state index in [1.165, 1.54) is 71.2 Å². The van der Waals surface area contributed by atoms with Gasteiger partial charge in [0.2, 0.25) is 0 Å². The van der Waals surface area contributed by atoms with E-state index in [4.69, 9.17) is 0 Å². The van der Waals surface area contributed by atoms with Gasteiger partial charge in [-0.05, 0) is 58.4 Å². The molecule has 1 rings (SSSR count). The molecule has 1 fully saturated rings. The Balaban J connectivity index is 1.93. The fourth-order valence-corrected chi connectivity index (χ4v) is 2.09. The number of nitrogens with zero attached hydrogens (tertiary/aromatic N) is 1. The molecule has 0 spiro atoms. The third-order valence-electron chi connectivity index (χ3n) is 2.95. The first-order valence-electron chi connectivity index (χ1n) is 6.36. The molecule has 1 aliphatic heterocycles. The van der Waals surface area contributed by atoms with Crippen molar-refractivity contribution in [3.63, 3.8) is 0 Å². The van der Waals surface area contributed by atoms with E-state index in [-0.39, 0.29) is 0 Å². The number of hydrogen-bond acceptors (Lipinski definition) is 2. The summed E-state index contributed by atoms with van der Waals surface area (Å²) in [7, 11) is 0. The molecule has 0 aromatic carbocycles. The Morgan fingerprint density at radius 2 is 1.71 bits per heavy atom. The average Bonchev–Trinajstić information content (AvgIpc) is 2.46. The highest BCUT2D eigenvalue weighted by atomic mass is 15.1. The molecule has 84 valence electrons. The summed E-state index contributed by atoms with van der Waals surface area (Å²) in [6.07, 6.45) is 8.31. The maximum absolute atomic E-state index is 3.46. The van der Waals surface area contributed by atoms with Crippen molar-refractivity contribution in [2.45, 2.75) is 45.4 Å². The maximum atomic E-state index is 3.46. The molecule has 2 nitrogen and oxygen atoms in total. The summed E-state index contributed by atoms with van der Waals surface area (Å²) < 4.78 is 0. The van der Waals surface area contributed by atoms with Crippen molar-refractivity contribution >= 4 is 0 Å². The molecular formula is C12H26N2. The molecule has 0 amide bonds. The van der Waals surface area contributed by atoms with E-state index in [2.05, 4.69) is 17.1 Å². The van der Waals surface area contributed by atoms with E-state index >= 15 is 0 Å². The van der Waals surface area contributed by atoms with Crippen LogP contribution in [0.1, 0.15) is 45.4 Å². The minimum Gasteiger partial charge on any atom is -0.317 e. The van der Waals surface area contributed by atoms with Crippen LogP contribution in [0.5, 0.6) is 0 Å². The number of hydrogen-bond donors (Lipinski definition) is 1. The zero-order valence-corrected chi connectivity index (χ0v) is 9.73. The fraction of sp³-hybridized carbons (Fsp3) is 1.00. The van der Waals surface area contributed by atoms with E-state index in [0.29, 0.717) is 0 Å². The van der Waals surface area contributed by atoms with Crippen molar-refractivity contribution in [2.24, 2.45) is 0 Å². The Morgan fingerprint density at radius 1 is 1.00 bits per heavy atom. The Bertz CT molecular complexity index is 117. The van der Waals surface area contributed by atoms with E-state index in [1.807, 2.05) is 0 Å². The van der Waals surface area contributed by atoms with Gasteiger partial charge >= 0.3 is 0 Å². The Hall–Kier alpha value is -0.0800. The first-order valence-corrected chi connectivity index (χ1v) is 6.36. The lowest BCUT2D eigenvalue weighted by Gasteiger charge is -2.19. The van der Waals surface area contributed by atoms with Crippen LogP contribution in [-0.2, 0) is 0 Å². The highest BCUT2D eigenvalue weighted by Crippen LogP contribution is 2.09. The lowest BCUT2D eigenvalue weighted by molar-refractivity contribution is 0.280. The molecule has 0 aliphatic carbocycles. The SMILES string of the molecule is CCCNCCCN1CCCCCC1. The molecule has 1 heterocycles. The molecule has 2 heteroatoms. The second-order valence-corrected chi connectivity index (χ2v) is 4.36. The maximum Gasteiger partial charge on any atom is -0.000664 e. The van der Waals surface area contributed by atoms with E-state index < -0.39 is 0 Å². The van der Waals surface area contributed by atoms with E-state index in [0.717, 1.165) is 0 Å². The van der Waals surface area contributed by atoms with Crippen molar-refractivity contribution < 1.29 is 0 Å². The van der Waals surface area contributed by atoms with Crippen LogP contribution >= 0.6 is 0 Å². The molecule has 1 saturated heterocycles. The van der Waals surface area contributed by atoms with Gasteiger partial charge in [0.05, 0.1) is 0 Å². The van der Waals surface area contributed by atoms with Crippen molar-refractivity contribution in [3.8, 4) is 0 Å². The molecule has 0 radical (unpaired) electrons. The van der Waals surface area contributed by atoms with Gasteiger partial charge in [0.15, 0.2) is 0 Å². The highest BCUT2D eigenvalue weighted by molar-refractivity contribution is 4.63.